The lowest BCUT2D eigenvalue weighted by Crippen LogP contribution is -2.67. The third kappa shape index (κ3) is 9.79. The van der Waals surface area contributed by atoms with E-state index in [1.165, 1.54) is 151 Å². The Labute approximate surface area is 334 Å². The van der Waals surface area contributed by atoms with Crippen molar-refractivity contribution < 1.29 is 8.97 Å². The summed E-state index contributed by atoms with van der Waals surface area (Å²) in [5.41, 5.74) is 0.877. The van der Waals surface area contributed by atoms with Gasteiger partial charge in [-0.15, -0.1) is 0 Å². The average molecular weight is 763 g/mol. The van der Waals surface area contributed by atoms with E-state index in [9.17, 15) is 0 Å². The molecular weight excluding hydrogens is 673 g/mol. The second-order valence-electron chi connectivity index (χ2n) is 20.8. The van der Waals surface area contributed by atoms with Gasteiger partial charge in [0, 0.05) is 45.2 Å². The van der Waals surface area contributed by atoms with Crippen LogP contribution in [0.1, 0.15) is 160 Å². The quantitative estimate of drug-likeness (QED) is 0.114. The first-order valence-electron chi connectivity index (χ1n) is 23.2. The molecule has 2 aliphatic heterocycles. The highest BCUT2D eigenvalue weighted by Gasteiger charge is 2.55. The predicted molar refractivity (Wildman–Crippen MR) is 234 cm³/mol. The summed E-state index contributed by atoms with van der Waals surface area (Å²) in [5, 5.41) is 3.34. The number of hydrogen-bond acceptors (Lipinski definition) is 4. The molecule has 6 heteroatoms. The van der Waals surface area contributed by atoms with E-state index in [1.807, 2.05) is 0 Å². The van der Waals surface area contributed by atoms with E-state index in [2.05, 4.69) is 116 Å². The minimum absolute atomic E-state index is 0.438. The fraction of sp³-hybridized carbons (Fsp3) is 1.00. The van der Waals surface area contributed by atoms with Gasteiger partial charge in [0.05, 0.1) is 52.4 Å². The van der Waals surface area contributed by atoms with E-state index < -0.39 is 0 Å². The summed E-state index contributed by atoms with van der Waals surface area (Å²) in [4.78, 5) is 6.43. The van der Waals surface area contributed by atoms with Gasteiger partial charge >= 0.3 is 0 Å². The molecule has 0 amide bonds. The van der Waals surface area contributed by atoms with Crippen LogP contribution in [-0.4, -0.2) is 129 Å². The summed E-state index contributed by atoms with van der Waals surface area (Å²) in [5.74, 6) is 1.76. The average Bonchev–Trinajstić information content (AvgIpc) is 3.13. The van der Waals surface area contributed by atoms with Crippen LogP contribution >= 0.6 is 23.5 Å². The zero-order valence-electron chi connectivity index (χ0n) is 36.9. The number of unbranched alkanes of at least 4 members (excludes halogenated alkanes) is 2. The minimum atomic E-state index is 0.438. The van der Waals surface area contributed by atoms with Crippen LogP contribution in [0, 0.1) is 22.7 Å². The molecule has 2 heterocycles. The number of hydrogen-bond donors (Lipinski definition) is 0. The predicted octanol–water partition coefficient (Wildman–Crippen LogP) is 10.8. The van der Waals surface area contributed by atoms with Crippen LogP contribution in [0.25, 0.3) is 0 Å². The largest absolute Gasteiger partial charge is 0.324 e. The number of thioether (sulfide) groups is 2. The van der Waals surface area contributed by atoms with E-state index in [4.69, 9.17) is 0 Å². The van der Waals surface area contributed by atoms with Crippen molar-refractivity contribution in [1.29, 1.82) is 0 Å². The molecule has 10 unspecified atom stereocenters. The number of rotatable bonds is 16. The lowest BCUT2D eigenvalue weighted by molar-refractivity contribution is -0.923. The molecule has 304 valence electrons. The number of nitrogens with zero attached hydrogens (tertiary/aromatic N) is 4. The Morgan fingerprint density at radius 3 is 1.08 bits per heavy atom. The van der Waals surface area contributed by atoms with Crippen LogP contribution in [0.2, 0.25) is 0 Å². The first kappa shape index (κ1) is 43.7. The van der Waals surface area contributed by atoms with Gasteiger partial charge in [-0.1, -0.05) is 41.5 Å². The van der Waals surface area contributed by atoms with Gasteiger partial charge in [-0.25, -0.2) is 0 Å². The van der Waals surface area contributed by atoms with Crippen molar-refractivity contribution in [1.82, 2.24) is 9.80 Å². The summed E-state index contributed by atoms with van der Waals surface area (Å²) in [6.07, 6.45) is 17.2. The molecule has 0 radical (unpaired) electrons. The standard InChI is InChI=1S/C46H90N4S2/c1-13-49(14-2,15-3)29-21-19-27-47-37-25-23-35(45(7,8)9)31-41(37)51-43-34-40-44(33-39(43)47)52-42-32-36(46(10,11)12)24-26-38(42)48(40)28-20-22-30-50(16-4,17-5)18-6/h35-44H,13-34H2,1-12H3/q+2. The van der Waals surface area contributed by atoms with Crippen molar-refractivity contribution in [3.8, 4) is 0 Å². The van der Waals surface area contributed by atoms with Crippen molar-refractivity contribution >= 4 is 23.5 Å². The van der Waals surface area contributed by atoms with Gasteiger partial charge in [0.2, 0.25) is 0 Å². The molecule has 2 saturated heterocycles. The van der Waals surface area contributed by atoms with E-state index in [0.29, 0.717) is 10.8 Å². The Hall–Kier alpha value is 0.540. The summed E-state index contributed by atoms with van der Waals surface area (Å²) in [6, 6.07) is 3.23. The van der Waals surface area contributed by atoms with Gasteiger partial charge in [-0.2, -0.15) is 23.5 Å². The van der Waals surface area contributed by atoms with Gasteiger partial charge in [-0.05, 0) is 154 Å². The highest BCUT2D eigenvalue weighted by Crippen LogP contribution is 2.56. The Bertz CT molecular complexity index is 975. The molecule has 0 aromatic carbocycles. The van der Waals surface area contributed by atoms with Gasteiger partial charge in [-0.3, -0.25) is 9.80 Å². The highest BCUT2D eigenvalue weighted by atomic mass is 32.2. The van der Waals surface area contributed by atoms with Crippen molar-refractivity contribution in [3.63, 3.8) is 0 Å². The Morgan fingerprint density at radius 1 is 0.442 bits per heavy atom. The summed E-state index contributed by atoms with van der Waals surface area (Å²) < 4.78 is 2.62. The molecule has 10 atom stereocenters. The second kappa shape index (κ2) is 18.4. The third-order valence-electron chi connectivity index (χ3n) is 16.8. The molecule has 3 aliphatic carbocycles. The zero-order chi connectivity index (χ0) is 37.9. The van der Waals surface area contributed by atoms with Gasteiger partial charge in [0.15, 0.2) is 0 Å². The van der Waals surface area contributed by atoms with E-state index >= 15 is 0 Å². The lowest BCUT2D eigenvalue weighted by atomic mass is 9.70. The SMILES string of the molecule is CC[N+](CC)(CC)CCCCN1C2CCC(C(C)(C)C)CC2SC2CC3C(CC21)SC1CC(C(C)(C)C)CCC1N3CCCC[N+](CC)(CC)CC. The van der Waals surface area contributed by atoms with Crippen LogP contribution in [0.5, 0.6) is 0 Å². The third-order valence-corrected chi connectivity index (χ3v) is 20.2. The van der Waals surface area contributed by atoms with Gasteiger partial charge in [0.1, 0.15) is 0 Å². The fourth-order valence-corrected chi connectivity index (χ4v) is 16.4. The molecule has 3 saturated carbocycles. The molecule has 0 aromatic heterocycles. The number of fused-ring (bicyclic) bond motifs is 4. The molecule has 0 bridgehead atoms. The summed E-state index contributed by atoms with van der Waals surface area (Å²) in [7, 11) is 0. The van der Waals surface area contributed by atoms with Crippen LogP contribution < -0.4 is 0 Å². The summed E-state index contributed by atoms with van der Waals surface area (Å²) >= 11 is 5.05. The molecule has 0 spiro atoms. The Balaban J connectivity index is 1.36. The maximum absolute atomic E-state index is 3.22. The first-order chi connectivity index (χ1) is 24.7. The van der Waals surface area contributed by atoms with E-state index in [0.717, 1.165) is 57.0 Å². The maximum atomic E-state index is 3.22. The number of quaternary nitrogens is 2. The van der Waals surface area contributed by atoms with Crippen LogP contribution in [0.4, 0.5) is 0 Å². The minimum Gasteiger partial charge on any atom is -0.324 e. The molecule has 5 aliphatic rings. The Kier molecular flexibility index (Phi) is 15.5. The van der Waals surface area contributed by atoms with Crippen LogP contribution in [0.15, 0.2) is 0 Å². The summed E-state index contributed by atoms with van der Waals surface area (Å²) in [6.45, 7) is 43.0. The van der Waals surface area contributed by atoms with Gasteiger partial charge < -0.3 is 8.97 Å². The molecule has 5 fully saturated rings. The van der Waals surface area contributed by atoms with Crippen molar-refractivity contribution in [2.75, 3.05) is 65.4 Å². The molecule has 0 N–H and O–H groups in total. The topological polar surface area (TPSA) is 6.48 Å². The van der Waals surface area contributed by atoms with Crippen LogP contribution in [0.3, 0.4) is 0 Å². The van der Waals surface area contributed by atoms with Crippen LogP contribution in [-0.2, 0) is 0 Å². The molecule has 52 heavy (non-hydrogen) atoms. The second-order valence-corrected chi connectivity index (χ2v) is 23.8. The van der Waals surface area contributed by atoms with Crippen molar-refractivity contribution in [3.05, 3.63) is 0 Å². The normalized spacial score (nSPS) is 35.1. The monoisotopic (exact) mass is 763 g/mol. The maximum Gasteiger partial charge on any atom is 0.0786 e. The van der Waals surface area contributed by atoms with Crippen molar-refractivity contribution in [2.24, 2.45) is 22.7 Å². The van der Waals surface area contributed by atoms with E-state index in [1.54, 1.807) is 0 Å². The first-order valence-corrected chi connectivity index (χ1v) is 25.1. The highest BCUT2D eigenvalue weighted by molar-refractivity contribution is 8.01. The zero-order valence-corrected chi connectivity index (χ0v) is 38.6. The molecule has 4 nitrogen and oxygen atoms in total. The van der Waals surface area contributed by atoms with E-state index in [-0.39, 0.29) is 0 Å². The smallest absolute Gasteiger partial charge is 0.0786 e. The fourth-order valence-electron chi connectivity index (χ4n) is 12.3. The molecule has 0 aromatic rings. The Morgan fingerprint density at radius 2 is 0.769 bits per heavy atom. The molecular formula is C46H90N4S2+2. The van der Waals surface area contributed by atoms with Gasteiger partial charge in [0.25, 0.3) is 0 Å². The molecule has 5 rings (SSSR count). The lowest BCUT2D eigenvalue weighted by Gasteiger charge is -2.61. The van der Waals surface area contributed by atoms with Crippen molar-refractivity contribution in [2.45, 2.75) is 205 Å².